The van der Waals surface area contributed by atoms with E-state index in [0.29, 0.717) is 40.9 Å². The third kappa shape index (κ3) is 1.92. The van der Waals surface area contributed by atoms with Crippen molar-refractivity contribution in [3.8, 4) is 11.3 Å². The van der Waals surface area contributed by atoms with Crippen LogP contribution in [-0.4, -0.2) is 24.6 Å². The van der Waals surface area contributed by atoms with E-state index in [1.807, 2.05) is 13.0 Å². The zero-order valence-electron chi connectivity index (χ0n) is 14.4. The molecule has 0 saturated heterocycles. The number of furan rings is 1. The largest absolute Gasteiger partial charge is 0.468 e. The van der Waals surface area contributed by atoms with Crippen molar-refractivity contribution in [2.75, 3.05) is 7.11 Å². The predicted octanol–water partition coefficient (Wildman–Crippen LogP) is 3.40. The fourth-order valence-electron chi connectivity index (χ4n) is 4.22. The summed E-state index contributed by atoms with van der Waals surface area (Å²) in [6.07, 6.45) is 3.56. The summed E-state index contributed by atoms with van der Waals surface area (Å²) in [6, 6.07) is 3.65. The molecule has 1 aromatic carbocycles. The maximum atomic E-state index is 12.8. The summed E-state index contributed by atoms with van der Waals surface area (Å²) in [5.74, 6) is -0.923. The van der Waals surface area contributed by atoms with E-state index in [1.165, 1.54) is 13.4 Å². The van der Waals surface area contributed by atoms with E-state index in [1.54, 1.807) is 13.0 Å². The molecular weight excluding hydrogens is 320 g/mol. The normalized spacial score (nSPS) is 21.4. The average Bonchev–Trinajstić information content (AvgIpc) is 3.00. The number of benzene rings is 1. The minimum atomic E-state index is -0.806. The Labute approximate surface area is 145 Å². The highest BCUT2D eigenvalue weighted by atomic mass is 16.5. The van der Waals surface area contributed by atoms with E-state index in [2.05, 4.69) is 0 Å². The van der Waals surface area contributed by atoms with Gasteiger partial charge < -0.3 is 9.15 Å². The molecule has 25 heavy (non-hydrogen) atoms. The number of esters is 1. The predicted molar refractivity (Wildman–Crippen MR) is 89.8 cm³/mol. The van der Waals surface area contributed by atoms with Crippen LogP contribution in [0.4, 0.5) is 0 Å². The van der Waals surface area contributed by atoms with Gasteiger partial charge in [-0.15, -0.1) is 0 Å². The van der Waals surface area contributed by atoms with Crippen molar-refractivity contribution in [1.82, 2.24) is 0 Å². The van der Waals surface area contributed by atoms with Crippen molar-refractivity contribution in [2.24, 2.45) is 0 Å². The highest BCUT2D eigenvalue weighted by molar-refractivity contribution is 6.53. The first-order valence-electron chi connectivity index (χ1n) is 8.32. The van der Waals surface area contributed by atoms with Gasteiger partial charge in [-0.2, -0.15) is 0 Å². The van der Waals surface area contributed by atoms with E-state index in [4.69, 9.17) is 9.15 Å². The fraction of sp³-hybridized carbons (Fsp3) is 0.350. The van der Waals surface area contributed by atoms with Crippen LogP contribution in [0.5, 0.6) is 0 Å². The number of hydrogen-bond donors (Lipinski definition) is 0. The first-order chi connectivity index (χ1) is 11.9. The Kier molecular flexibility index (Phi) is 3.26. The lowest BCUT2D eigenvalue weighted by molar-refractivity contribution is -0.147. The first-order valence-corrected chi connectivity index (χ1v) is 8.32. The average molecular weight is 338 g/mol. The Hall–Kier alpha value is -2.69. The van der Waals surface area contributed by atoms with Crippen LogP contribution in [0.15, 0.2) is 22.8 Å². The Morgan fingerprint density at radius 3 is 2.64 bits per heavy atom. The SMILES string of the molecule is COC(=O)[C@]1(C)CCCc2c1ccc1c2C(=O)C(=O)c2c(C)coc2-1. The van der Waals surface area contributed by atoms with Crippen molar-refractivity contribution < 1.29 is 23.5 Å². The van der Waals surface area contributed by atoms with Crippen LogP contribution in [0.1, 0.15) is 57.2 Å². The number of ketones is 2. The fourth-order valence-corrected chi connectivity index (χ4v) is 4.22. The van der Waals surface area contributed by atoms with Gasteiger partial charge in [0.25, 0.3) is 0 Å². The summed E-state index contributed by atoms with van der Waals surface area (Å²) in [5.41, 5.74) is 2.78. The molecule has 1 atom stereocenters. The molecule has 0 amide bonds. The Balaban J connectivity index is 2.02. The standard InChI is InChI=1S/C20H18O5/c1-10-9-25-18-12-6-7-13-11(15(12)17(22)16(21)14(10)18)5-4-8-20(13,2)19(23)24-3/h6-7,9H,4-5,8H2,1-3H3/t20-/m1/s1. The molecule has 2 aliphatic rings. The van der Waals surface area contributed by atoms with Gasteiger partial charge in [0.05, 0.1) is 24.4 Å². The maximum absolute atomic E-state index is 12.8. The van der Waals surface area contributed by atoms with Gasteiger partial charge >= 0.3 is 5.97 Å². The number of rotatable bonds is 1. The van der Waals surface area contributed by atoms with Gasteiger partial charge in [-0.25, -0.2) is 0 Å². The Morgan fingerprint density at radius 1 is 1.20 bits per heavy atom. The van der Waals surface area contributed by atoms with Crippen LogP contribution in [-0.2, 0) is 21.4 Å². The number of aryl methyl sites for hydroxylation is 1. The van der Waals surface area contributed by atoms with Gasteiger partial charge in [-0.3, -0.25) is 14.4 Å². The highest BCUT2D eigenvalue weighted by Gasteiger charge is 2.44. The molecule has 5 heteroatoms. The molecule has 0 unspecified atom stereocenters. The van der Waals surface area contributed by atoms with Gasteiger partial charge in [0, 0.05) is 11.1 Å². The van der Waals surface area contributed by atoms with E-state index >= 15 is 0 Å². The molecule has 4 rings (SSSR count). The molecule has 0 fully saturated rings. The van der Waals surface area contributed by atoms with Gasteiger partial charge in [0.1, 0.15) is 5.76 Å². The van der Waals surface area contributed by atoms with Crippen LogP contribution in [0, 0.1) is 6.92 Å². The number of ether oxygens (including phenoxy) is 1. The van der Waals surface area contributed by atoms with Crippen LogP contribution < -0.4 is 0 Å². The van der Waals surface area contributed by atoms with Crippen LogP contribution in [0.2, 0.25) is 0 Å². The lowest BCUT2D eigenvalue weighted by atomic mass is 9.68. The van der Waals surface area contributed by atoms with Crippen LogP contribution >= 0.6 is 0 Å². The summed E-state index contributed by atoms with van der Waals surface area (Å²) < 4.78 is 10.6. The first kappa shape index (κ1) is 15.8. The second kappa shape index (κ2) is 5.15. The zero-order valence-corrected chi connectivity index (χ0v) is 14.4. The quantitative estimate of drug-likeness (QED) is 0.588. The van der Waals surface area contributed by atoms with E-state index in [-0.39, 0.29) is 5.97 Å². The third-order valence-electron chi connectivity index (χ3n) is 5.53. The number of Topliss-reactive ketones (excluding diaryl/α,β-unsaturated/α-hetero) is 2. The smallest absolute Gasteiger partial charge is 0.316 e. The van der Waals surface area contributed by atoms with Crippen LogP contribution in [0.3, 0.4) is 0 Å². The molecule has 128 valence electrons. The number of carbonyl (C=O) groups is 3. The number of fused-ring (bicyclic) bond motifs is 5. The van der Waals surface area contributed by atoms with Crippen molar-refractivity contribution in [3.05, 3.63) is 46.2 Å². The lowest BCUT2D eigenvalue weighted by Crippen LogP contribution is -2.38. The second-order valence-corrected chi connectivity index (χ2v) is 6.97. The van der Waals surface area contributed by atoms with Gasteiger partial charge in [0.15, 0.2) is 0 Å². The molecule has 1 aromatic heterocycles. The Bertz CT molecular complexity index is 949. The summed E-state index contributed by atoms with van der Waals surface area (Å²) in [5, 5.41) is 0. The Morgan fingerprint density at radius 2 is 1.92 bits per heavy atom. The molecule has 0 spiro atoms. The van der Waals surface area contributed by atoms with E-state index in [0.717, 1.165) is 17.5 Å². The minimum Gasteiger partial charge on any atom is -0.468 e. The molecule has 1 heterocycles. The highest BCUT2D eigenvalue weighted by Crippen LogP contribution is 2.45. The van der Waals surface area contributed by atoms with E-state index < -0.39 is 17.0 Å². The molecule has 2 aliphatic carbocycles. The van der Waals surface area contributed by atoms with Gasteiger partial charge in [-0.05, 0) is 49.8 Å². The molecule has 5 nitrogen and oxygen atoms in total. The third-order valence-corrected chi connectivity index (χ3v) is 5.53. The summed E-state index contributed by atoms with van der Waals surface area (Å²) >= 11 is 0. The molecule has 0 radical (unpaired) electrons. The molecule has 0 aliphatic heterocycles. The maximum Gasteiger partial charge on any atom is 0.316 e. The van der Waals surface area contributed by atoms with Crippen LogP contribution in [0.25, 0.3) is 11.3 Å². The minimum absolute atomic E-state index is 0.322. The van der Waals surface area contributed by atoms with Crippen molar-refractivity contribution in [2.45, 2.75) is 38.5 Å². The summed E-state index contributed by atoms with van der Waals surface area (Å²) in [6.45, 7) is 3.59. The summed E-state index contributed by atoms with van der Waals surface area (Å²) in [4.78, 5) is 37.8. The second-order valence-electron chi connectivity index (χ2n) is 6.97. The number of methoxy groups -OCH3 is 1. The lowest BCUT2D eigenvalue weighted by Gasteiger charge is -2.35. The molecule has 0 saturated carbocycles. The molecular formula is C20H18O5. The molecule has 0 N–H and O–H groups in total. The van der Waals surface area contributed by atoms with Crippen molar-refractivity contribution >= 4 is 17.5 Å². The topological polar surface area (TPSA) is 73.6 Å². The monoisotopic (exact) mass is 338 g/mol. The number of carbonyl (C=O) groups excluding carboxylic acids is 3. The van der Waals surface area contributed by atoms with Gasteiger partial charge in [-0.1, -0.05) is 12.1 Å². The van der Waals surface area contributed by atoms with Gasteiger partial charge in [0.2, 0.25) is 11.6 Å². The van der Waals surface area contributed by atoms with E-state index in [9.17, 15) is 14.4 Å². The van der Waals surface area contributed by atoms with Crippen molar-refractivity contribution in [3.63, 3.8) is 0 Å². The number of hydrogen-bond acceptors (Lipinski definition) is 5. The van der Waals surface area contributed by atoms with Crippen molar-refractivity contribution in [1.29, 1.82) is 0 Å². The summed E-state index contributed by atoms with van der Waals surface area (Å²) in [7, 11) is 1.37. The molecule has 2 aromatic rings. The zero-order chi connectivity index (χ0) is 17.9. The molecule has 0 bridgehead atoms.